The van der Waals surface area contributed by atoms with Crippen molar-refractivity contribution in [2.24, 2.45) is 11.1 Å². The molecule has 0 aliphatic heterocycles. The summed E-state index contributed by atoms with van der Waals surface area (Å²) < 4.78 is 0. The Bertz CT molecular complexity index is 350. The number of nitrogens with two attached hydrogens (primary N) is 1. The first-order chi connectivity index (χ1) is 6.87. The molecular formula is C13H19NO. The summed E-state index contributed by atoms with van der Waals surface area (Å²) >= 11 is 0. The molecule has 0 atom stereocenters. The smallest absolute Gasteiger partial charge is 0.221 e. The third kappa shape index (κ3) is 4.63. The minimum atomic E-state index is -0.275. The van der Waals surface area contributed by atoms with E-state index in [1.165, 1.54) is 5.56 Å². The Balaban J connectivity index is 2.79. The number of carbonyl (C=O) groups excluding carboxylic acids is 1. The maximum atomic E-state index is 10.8. The van der Waals surface area contributed by atoms with Crippen LogP contribution in [-0.2, 0) is 17.6 Å². The molecular weight excluding hydrogens is 186 g/mol. The Morgan fingerprint density at radius 2 is 1.87 bits per heavy atom. The summed E-state index contributed by atoms with van der Waals surface area (Å²) in [5.41, 5.74) is 7.70. The molecule has 82 valence electrons. The first kappa shape index (κ1) is 11.8. The van der Waals surface area contributed by atoms with Gasteiger partial charge in [-0.2, -0.15) is 0 Å². The Hall–Kier alpha value is -1.31. The van der Waals surface area contributed by atoms with Crippen LogP contribution in [0.2, 0.25) is 0 Å². The second-order valence-corrected chi connectivity index (χ2v) is 5.20. The van der Waals surface area contributed by atoms with Gasteiger partial charge in [0.25, 0.3) is 0 Å². The van der Waals surface area contributed by atoms with Gasteiger partial charge in [0.15, 0.2) is 0 Å². The Labute approximate surface area is 91.5 Å². The molecule has 0 aliphatic carbocycles. The molecule has 0 saturated carbocycles. The monoisotopic (exact) mass is 205 g/mol. The van der Waals surface area contributed by atoms with E-state index in [0.29, 0.717) is 6.42 Å². The number of benzene rings is 1. The summed E-state index contributed by atoms with van der Waals surface area (Å²) in [6, 6.07) is 8.09. The fourth-order valence-electron chi connectivity index (χ4n) is 1.66. The number of hydrogen-bond donors (Lipinski definition) is 1. The van der Waals surface area contributed by atoms with Crippen LogP contribution in [0.15, 0.2) is 24.3 Å². The van der Waals surface area contributed by atoms with Gasteiger partial charge in [0, 0.05) is 0 Å². The van der Waals surface area contributed by atoms with E-state index < -0.39 is 0 Å². The molecule has 0 bridgehead atoms. The zero-order valence-corrected chi connectivity index (χ0v) is 9.71. The fraction of sp³-hybridized carbons (Fsp3) is 0.462. The van der Waals surface area contributed by atoms with E-state index in [1.807, 2.05) is 12.1 Å². The average Bonchev–Trinajstić information content (AvgIpc) is 1.99. The molecule has 1 aromatic rings. The van der Waals surface area contributed by atoms with Crippen LogP contribution in [-0.4, -0.2) is 5.91 Å². The van der Waals surface area contributed by atoms with Crippen LogP contribution in [0.25, 0.3) is 0 Å². The van der Waals surface area contributed by atoms with Crippen LogP contribution in [0, 0.1) is 5.41 Å². The Morgan fingerprint density at radius 1 is 1.27 bits per heavy atom. The molecule has 0 spiro atoms. The van der Waals surface area contributed by atoms with E-state index in [9.17, 15) is 4.79 Å². The quantitative estimate of drug-likeness (QED) is 0.808. The standard InChI is InChI=1S/C13H19NO/c1-13(2,3)9-11-6-4-5-10(7-11)8-12(14)15/h4-7H,8-9H2,1-3H3,(H2,14,15). The highest BCUT2D eigenvalue weighted by atomic mass is 16.1. The summed E-state index contributed by atoms with van der Waals surface area (Å²) in [4.78, 5) is 10.8. The summed E-state index contributed by atoms with van der Waals surface area (Å²) in [5.74, 6) is -0.275. The molecule has 0 aliphatic rings. The molecule has 0 saturated heterocycles. The summed E-state index contributed by atoms with van der Waals surface area (Å²) in [5, 5.41) is 0. The molecule has 0 heterocycles. The van der Waals surface area contributed by atoms with Crippen LogP contribution in [0.4, 0.5) is 0 Å². The first-order valence-electron chi connectivity index (χ1n) is 5.23. The Kier molecular flexibility index (Phi) is 3.51. The number of amides is 1. The second-order valence-electron chi connectivity index (χ2n) is 5.20. The van der Waals surface area contributed by atoms with Crippen molar-refractivity contribution in [2.45, 2.75) is 33.6 Å². The fourth-order valence-corrected chi connectivity index (χ4v) is 1.66. The van der Waals surface area contributed by atoms with Crippen LogP contribution in [0.5, 0.6) is 0 Å². The summed E-state index contributed by atoms with van der Waals surface area (Å²) in [6.07, 6.45) is 1.34. The van der Waals surface area contributed by atoms with Gasteiger partial charge in [-0.25, -0.2) is 0 Å². The molecule has 1 amide bonds. The van der Waals surface area contributed by atoms with Gasteiger partial charge in [-0.05, 0) is 23.0 Å². The van der Waals surface area contributed by atoms with Crippen LogP contribution in [0.1, 0.15) is 31.9 Å². The molecule has 1 rings (SSSR count). The van der Waals surface area contributed by atoms with Crippen molar-refractivity contribution < 1.29 is 4.79 Å². The minimum Gasteiger partial charge on any atom is -0.369 e. The lowest BCUT2D eigenvalue weighted by Crippen LogP contribution is -2.14. The normalized spacial score (nSPS) is 11.4. The number of hydrogen-bond acceptors (Lipinski definition) is 1. The number of rotatable bonds is 3. The van der Waals surface area contributed by atoms with Gasteiger partial charge in [-0.15, -0.1) is 0 Å². The molecule has 2 N–H and O–H groups in total. The Morgan fingerprint density at radius 3 is 2.40 bits per heavy atom. The SMILES string of the molecule is CC(C)(C)Cc1cccc(CC(N)=O)c1. The molecule has 0 radical (unpaired) electrons. The van der Waals surface area contributed by atoms with Crippen molar-refractivity contribution in [1.82, 2.24) is 0 Å². The van der Waals surface area contributed by atoms with Gasteiger partial charge in [-0.3, -0.25) is 4.79 Å². The molecule has 2 heteroatoms. The number of primary amides is 1. The van der Waals surface area contributed by atoms with E-state index in [2.05, 4.69) is 32.9 Å². The second kappa shape index (κ2) is 4.47. The average molecular weight is 205 g/mol. The third-order valence-corrected chi connectivity index (χ3v) is 2.10. The van der Waals surface area contributed by atoms with Crippen LogP contribution in [0.3, 0.4) is 0 Å². The summed E-state index contributed by atoms with van der Waals surface area (Å²) in [7, 11) is 0. The molecule has 1 aromatic carbocycles. The van der Waals surface area contributed by atoms with Gasteiger partial charge < -0.3 is 5.73 Å². The van der Waals surface area contributed by atoms with Gasteiger partial charge in [0.2, 0.25) is 5.91 Å². The lowest BCUT2D eigenvalue weighted by molar-refractivity contribution is -0.117. The lowest BCUT2D eigenvalue weighted by Gasteiger charge is -2.18. The maximum absolute atomic E-state index is 10.8. The molecule has 0 aromatic heterocycles. The van der Waals surface area contributed by atoms with Gasteiger partial charge in [-0.1, -0.05) is 45.0 Å². The van der Waals surface area contributed by atoms with Crippen molar-refractivity contribution in [3.63, 3.8) is 0 Å². The van der Waals surface area contributed by atoms with Crippen molar-refractivity contribution in [2.75, 3.05) is 0 Å². The zero-order valence-electron chi connectivity index (χ0n) is 9.71. The van der Waals surface area contributed by atoms with Gasteiger partial charge in [0.1, 0.15) is 0 Å². The van der Waals surface area contributed by atoms with Crippen molar-refractivity contribution in [3.05, 3.63) is 35.4 Å². The summed E-state index contributed by atoms with van der Waals surface area (Å²) in [6.45, 7) is 6.61. The van der Waals surface area contributed by atoms with E-state index in [-0.39, 0.29) is 11.3 Å². The van der Waals surface area contributed by atoms with Crippen molar-refractivity contribution in [1.29, 1.82) is 0 Å². The first-order valence-corrected chi connectivity index (χ1v) is 5.23. The van der Waals surface area contributed by atoms with E-state index in [4.69, 9.17) is 5.73 Å². The van der Waals surface area contributed by atoms with Gasteiger partial charge >= 0.3 is 0 Å². The zero-order chi connectivity index (χ0) is 11.5. The van der Waals surface area contributed by atoms with Crippen LogP contribution >= 0.6 is 0 Å². The highest BCUT2D eigenvalue weighted by molar-refractivity contribution is 5.76. The van der Waals surface area contributed by atoms with Crippen molar-refractivity contribution >= 4 is 5.91 Å². The minimum absolute atomic E-state index is 0.269. The van der Waals surface area contributed by atoms with Crippen molar-refractivity contribution in [3.8, 4) is 0 Å². The molecule has 2 nitrogen and oxygen atoms in total. The number of carbonyl (C=O) groups is 1. The largest absolute Gasteiger partial charge is 0.369 e. The maximum Gasteiger partial charge on any atom is 0.221 e. The molecule has 0 fully saturated rings. The van der Waals surface area contributed by atoms with E-state index in [1.54, 1.807) is 0 Å². The topological polar surface area (TPSA) is 43.1 Å². The molecule has 15 heavy (non-hydrogen) atoms. The predicted molar refractivity (Wildman–Crippen MR) is 62.5 cm³/mol. The van der Waals surface area contributed by atoms with E-state index >= 15 is 0 Å². The lowest BCUT2D eigenvalue weighted by atomic mass is 9.87. The third-order valence-electron chi connectivity index (χ3n) is 2.10. The van der Waals surface area contributed by atoms with Crippen LogP contribution < -0.4 is 5.73 Å². The van der Waals surface area contributed by atoms with E-state index in [0.717, 1.165) is 12.0 Å². The predicted octanol–water partition coefficient (Wildman–Crippen LogP) is 2.30. The molecule has 0 unspecified atom stereocenters. The highest BCUT2D eigenvalue weighted by Gasteiger charge is 2.11. The van der Waals surface area contributed by atoms with Gasteiger partial charge in [0.05, 0.1) is 6.42 Å². The highest BCUT2D eigenvalue weighted by Crippen LogP contribution is 2.21.